The van der Waals surface area contributed by atoms with Crippen LogP contribution in [-0.4, -0.2) is 60.5 Å². The second-order valence-corrected chi connectivity index (χ2v) is 7.82. The molecule has 0 radical (unpaired) electrons. The molecule has 0 spiro atoms. The molecule has 0 unspecified atom stereocenters. The van der Waals surface area contributed by atoms with Crippen LogP contribution in [0.4, 0.5) is 0 Å². The molecular weight excluding hydrogens is 383 g/mol. The van der Waals surface area contributed by atoms with Gasteiger partial charge in [0.1, 0.15) is 5.75 Å². The standard InChI is InChI=1S/C22H27BN2O5/c1-14(16-8-4-5-10-18(16)22(27)25(2)3)21(26)24-20(23(28)29)12-15-13-30-19-11-7-6-9-17(15)19/h4-11,14-15,20,28-29H,12-13H2,1-3H3,(H,24,26)/t14-,15-,20-/m0/s1. The fraction of sp³-hybridized carbons (Fsp3) is 0.364. The van der Waals surface area contributed by atoms with Crippen LogP contribution < -0.4 is 10.1 Å². The van der Waals surface area contributed by atoms with Gasteiger partial charge in [0.2, 0.25) is 5.91 Å². The molecule has 1 aliphatic rings. The molecule has 2 amide bonds. The van der Waals surface area contributed by atoms with E-state index in [1.54, 1.807) is 45.3 Å². The molecule has 0 bridgehead atoms. The van der Waals surface area contributed by atoms with Crippen LogP contribution in [-0.2, 0) is 4.79 Å². The predicted octanol–water partition coefficient (Wildman–Crippen LogP) is 1.55. The molecule has 8 heteroatoms. The second-order valence-electron chi connectivity index (χ2n) is 7.82. The lowest BCUT2D eigenvalue weighted by Crippen LogP contribution is -2.48. The van der Waals surface area contributed by atoms with Crippen LogP contribution in [0.1, 0.15) is 46.7 Å². The smallest absolute Gasteiger partial charge is 0.475 e. The number of nitrogens with zero attached hydrogens (tertiary/aromatic N) is 1. The first-order valence-electron chi connectivity index (χ1n) is 9.98. The molecule has 3 rings (SSSR count). The minimum Gasteiger partial charge on any atom is -0.493 e. The average molecular weight is 410 g/mol. The molecule has 2 aromatic carbocycles. The number of hydrogen-bond acceptors (Lipinski definition) is 5. The monoisotopic (exact) mass is 410 g/mol. The third-order valence-electron chi connectivity index (χ3n) is 5.48. The largest absolute Gasteiger partial charge is 0.493 e. The number of carbonyl (C=O) groups is 2. The molecule has 0 aromatic heterocycles. The maximum absolute atomic E-state index is 12.9. The molecule has 158 valence electrons. The number of carbonyl (C=O) groups excluding carboxylic acids is 2. The van der Waals surface area contributed by atoms with Crippen molar-refractivity contribution in [3.8, 4) is 5.75 Å². The Balaban J connectivity index is 1.74. The number of amides is 2. The molecule has 0 aliphatic carbocycles. The first-order valence-corrected chi connectivity index (χ1v) is 9.98. The summed E-state index contributed by atoms with van der Waals surface area (Å²) in [6, 6.07) is 14.6. The van der Waals surface area contributed by atoms with E-state index in [1.165, 1.54) is 4.90 Å². The zero-order chi connectivity index (χ0) is 21.8. The number of fused-ring (bicyclic) bond motifs is 1. The Kier molecular flexibility index (Phi) is 6.79. The highest BCUT2D eigenvalue weighted by Gasteiger charge is 2.34. The van der Waals surface area contributed by atoms with Gasteiger partial charge >= 0.3 is 7.12 Å². The number of nitrogens with one attached hydrogen (secondary N) is 1. The summed E-state index contributed by atoms with van der Waals surface area (Å²) >= 11 is 0. The fourth-order valence-corrected chi connectivity index (χ4v) is 3.75. The van der Waals surface area contributed by atoms with Crippen molar-refractivity contribution in [2.24, 2.45) is 0 Å². The molecule has 1 aliphatic heterocycles. The van der Waals surface area contributed by atoms with Crippen LogP contribution in [0.25, 0.3) is 0 Å². The van der Waals surface area contributed by atoms with E-state index < -0.39 is 19.0 Å². The molecule has 0 fully saturated rings. The number of ether oxygens (including phenoxy) is 1. The van der Waals surface area contributed by atoms with Gasteiger partial charge in [-0.2, -0.15) is 0 Å². The van der Waals surface area contributed by atoms with Crippen molar-refractivity contribution in [3.63, 3.8) is 0 Å². The third-order valence-corrected chi connectivity index (χ3v) is 5.48. The molecule has 1 heterocycles. The van der Waals surface area contributed by atoms with Gasteiger partial charge in [-0.05, 0) is 31.0 Å². The summed E-state index contributed by atoms with van der Waals surface area (Å²) in [5.74, 6) is -1.34. The van der Waals surface area contributed by atoms with Crippen molar-refractivity contribution in [2.45, 2.75) is 31.1 Å². The number of para-hydroxylation sites is 1. The normalized spacial score (nSPS) is 16.8. The lowest BCUT2D eigenvalue weighted by Gasteiger charge is -2.24. The average Bonchev–Trinajstić information content (AvgIpc) is 3.14. The van der Waals surface area contributed by atoms with Gasteiger partial charge in [-0.1, -0.05) is 36.4 Å². The van der Waals surface area contributed by atoms with E-state index in [0.29, 0.717) is 24.2 Å². The molecule has 3 N–H and O–H groups in total. The van der Waals surface area contributed by atoms with E-state index in [0.717, 1.165) is 11.3 Å². The summed E-state index contributed by atoms with van der Waals surface area (Å²) in [6.07, 6.45) is 0.325. The van der Waals surface area contributed by atoms with E-state index in [9.17, 15) is 19.6 Å². The van der Waals surface area contributed by atoms with Gasteiger partial charge in [0, 0.05) is 31.1 Å². The third kappa shape index (κ3) is 4.66. The van der Waals surface area contributed by atoms with Crippen molar-refractivity contribution in [1.82, 2.24) is 10.2 Å². The van der Waals surface area contributed by atoms with Gasteiger partial charge in [0.15, 0.2) is 0 Å². The molecule has 0 saturated heterocycles. The quantitative estimate of drug-likeness (QED) is 0.602. The zero-order valence-electron chi connectivity index (χ0n) is 17.4. The minimum atomic E-state index is -1.72. The predicted molar refractivity (Wildman–Crippen MR) is 114 cm³/mol. The number of hydrogen-bond donors (Lipinski definition) is 3. The van der Waals surface area contributed by atoms with Gasteiger partial charge < -0.3 is 25.0 Å². The van der Waals surface area contributed by atoms with Crippen molar-refractivity contribution >= 4 is 18.9 Å². The van der Waals surface area contributed by atoms with Crippen LogP contribution in [0.3, 0.4) is 0 Å². The Morgan fingerprint density at radius 1 is 1.17 bits per heavy atom. The van der Waals surface area contributed by atoms with Gasteiger partial charge in [-0.25, -0.2) is 0 Å². The van der Waals surface area contributed by atoms with Crippen molar-refractivity contribution in [3.05, 3.63) is 65.2 Å². The Labute approximate surface area is 176 Å². The summed E-state index contributed by atoms with van der Waals surface area (Å²) in [7, 11) is 1.60. The van der Waals surface area contributed by atoms with Crippen molar-refractivity contribution < 1.29 is 24.4 Å². The minimum absolute atomic E-state index is 0.0498. The summed E-state index contributed by atoms with van der Waals surface area (Å²) in [5, 5.41) is 22.5. The van der Waals surface area contributed by atoms with Crippen LogP contribution in [0.5, 0.6) is 5.75 Å². The highest BCUT2D eigenvalue weighted by molar-refractivity contribution is 6.43. The van der Waals surface area contributed by atoms with E-state index in [-0.39, 0.29) is 17.7 Å². The zero-order valence-corrected chi connectivity index (χ0v) is 17.4. The molecule has 3 atom stereocenters. The molecular formula is C22H27BN2O5. The van der Waals surface area contributed by atoms with Gasteiger partial charge in [-0.3, -0.25) is 9.59 Å². The van der Waals surface area contributed by atoms with Crippen LogP contribution in [0.15, 0.2) is 48.5 Å². The van der Waals surface area contributed by atoms with Crippen molar-refractivity contribution in [2.75, 3.05) is 20.7 Å². The Morgan fingerprint density at radius 2 is 1.83 bits per heavy atom. The van der Waals surface area contributed by atoms with Gasteiger partial charge in [0.25, 0.3) is 5.91 Å². The Bertz CT molecular complexity index is 918. The molecule has 30 heavy (non-hydrogen) atoms. The van der Waals surface area contributed by atoms with E-state index in [2.05, 4.69) is 5.32 Å². The molecule has 7 nitrogen and oxygen atoms in total. The highest BCUT2D eigenvalue weighted by atomic mass is 16.5. The maximum atomic E-state index is 12.9. The lowest BCUT2D eigenvalue weighted by molar-refractivity contribution is -0.122. The lowest BCUT2D eigenvalue weighted by atomic mass is 9.73. The summed E-state index contributed by atoms with van der Waals surface area (Å²) in [6.45, 7) is 2.13. The second kappa shape index (κ2) is 9.32. The topological polar surface area (TPSA) is 99.1 Å². The maximum Gasteiger partial charge on any atom is 0.475 e. The van der Waals surface area contributed by atoms with Crippen LogP contribution in [0.2, 0.25) is 0 Å². The SMILES string of the molecule is C[C@H](C(=O)N[C@@H](C[C@H]1COc2ccccc21)B(O)O)c1ccccc1C(=O)N(C)C. The number of benzene rings is 2. The summed E-state index contributed by atoms with van der Waals surface area (Å²) < 4.78 is 5.66. The first-order chi connectivity index (χ1) is 14.3. The molecule has 0 saturated carbocycles. The summed E-state index contributed by atoms with van der Waals surface area (Å²) in [5.41, 5.74) is 2.03. The highest BCUT2D eigenvalue weighted by Crippen LogP contribution is 2.36. The Morgan fingerprint density at radius 3 is 2.53 bits per heavy atom. The van der Waals surface area contributed by atoms with Crippen LogP contribution in [0, 0.1) is 0 Å². The summed E-state index contributed by atoms with van der Waals surface area (Å²) in [4.78, 5) is 26.9. The van der Waals surface area contributed by atoms with E-state index >= 15 is 0 Å². The molecule has 2 aromatic rings. The van der Waals surface area contributed by atoms with Gasteiger partial charge in [-0.15, -0.1) is 0 Å². The van der Waals surface area contributed by atoms with Crippen LogP contribution >= 0.6 is 0 Å². The van der Waals surface area contributed by atoms with E-state index in [4.69, 9.17) is 4.74 Å². The van der Waals surface area contributed by atoms with E-state index in [1.807, 2.05) is 24.3 Å². The number of rotatable bonds is 7. The van der Waals surface area contributed by atoms with Gasteiger partial charge in [0.05, 0.1) is 18.5 Å². The fourth-order valence-electron chi connectivity index (χ4n) is 3.75. The van der Waals surface area contributed by atoms with Crippen molar-refractivity contribution in [1.29, 1.82) is 0 Å². The Hall–Kier alpha value is -2.84. The first kappa shape index (κ1) is 21.9.